The number of anilines is 1. The van der Waals surface area contributed by atoms with Crippen molar-refractivity contribution in [3.8, 4) is 11.5 Å². The minimum absolute atomic E-state index is 0.0484. The van der Waals surface area contributed by atoms with Crippen LogP contribution in [0.1, 0.15) is 30.9 Å². The van der Waals surface area contributed by atoms with E-state index in [1.54, 1.807) is 18.2 Å². The molecule has 0 saturated heterocycles. The highest BCUT2D eigenvalue weighted by Crippen LogP contribution is 2.32. The molecular weight excluding hydrogens is 416 g/mol. The summed E-state index contributed by atoms with van der Waals surface area (Å²) in [5.41, 5.74) is 2.47. The molecule has 0 aliphatic heterocycles. The van der Waals surface area contributed by atoms with Crippen LogP contribution in [-0.2, 0) is 4.79 Å². The molecule has 0 atom stereocenters. The molecule has 138 valence electrons. The Kier molecular flexibility index (Phi) is 6.99. The SMILES string of the molecule is Cc1cc(OCC(=O)NC(=S)Nc2ccccc2O)c(C(C)C)cc1Br. The average Bonchev–Trinajstić information content (AvgIpc) is 2.57. The molecule has 1 amide bonds. The van der Waals surface area contributed by atoms with Crippen LogP contribution in [0.2, 0.25) is 0 Å². The molecule has 2 aromatic rings. The van der Waals surface area contributed by atoms with Gasteiger partial charge in [-0.2, -0.15) is 0 Å². The van der Waals surface area contributed by atoms with Crippen molar-refractivity contribution in [3.63, 3.8) is 0 Å². The Morgan fingerprint density at radius 3 is 2.65 bits per heavy atom. The molecule has 0 saturated carbocycles. The summed E-state index contributed by atoms with van der Waals surface area (Å²) in [4.78, 5) is 12.1. The Morgan fingerprint density at radius 2 is 2.00 bits per heavy atom. The first-order valence-corrected chi connectivity index (χ1v) is 9.29. The van der Waals surface area contributed by atoms with Crippen molar-refractivity contribution in [2.45, 2.75) is 26.7 Å². The molecule has 2 aromatic carbocycles. The first kappa shape index (κ1) is 20.2. The molecule has 3 N–H and O–H groups in total. The molecule has 26 heavy (non-hydrogen) atoms. The van der Waals surface area contributed by atoms with E-state index < -0.39 is 0 Å². The molecule has 2 rings (SSSR count). The Hall–Kier alpha value is -2.12. The van der Waals surface area contributed by atoms with Crippen LogP contribution in [0.5, 0.6) is 11.5 Å². The number of hydrogen-bond acceptors (Lipinski definition) is 4. The molecule has 0 heterocycles. The third-order valence-electron chi connectivity index (χ3n) is 3.68. The van der Waals surface area contributed by atoms with Gasteiger partial charge in [0, 0.05) is 4.47 Å². The van der Waals surface area contributed by atoms with Gasteiger partial charge in [0.15, 0.2) is 11.7 Å². The van der Waals surface area contributed by atoms with Crippen LogP contribution in [0, 0.1) is 6.92 Å². The van der Waals surface area contributed by atoms with E-state index in [9.17, 15) is 9.90 Å². The number of carbonyl (C=O) groups excluding carboxylic acids is 1. The van der Waals surface area contributed by atoms with Crippen molar-refractivity contribution < 1.29 is 14.6 Å². The largest absolute Gasteiger partial charge is 0.506 e. The number of aromatic hydroxyl groups is 1. The summed E-state index contributed by atoms with van der Waals surface area (Å²) >= 11 is 8.61. The number of benzene rings is 2. The lowest BCUT2D eigenvalue weighted by atomic mass is 10.0. The number of aryl methyl sites for hydroxylation is 1. The van der Waals surface area contributed by atoms with Crippen LogP contribution in [0.15, 0.2) is 40.9 Å². The van der Waals surface area contributed by atoms with Gasteiger partial charge in [-0.3, -0.25) is 10.1 Å². The van der Waals surface area contributed by atoms with Crippen LogP contribution < -0.4 is 15.4 Å². The van der Waals surface area contributed by atoms with Crippen LogP contribution in [0.25, 0.3) is 0 Å². The van der Waals surface area contributed by atoms with Crippen molar-refractivity contribution in [3.05, 3.63) is 52.0 Å². The van der Waals surface area contributed by atoms with E-state index in [0.717, 1.165) is 15.6 Å². The van der Waals surface area contributed by atoms with Gasteiger partial charge in [-0.25, -0.2) is 0 Å². The van der Waals surface area contributed by atoms with Crippen molar-refractivity contribution in [2.24, 2.45) is 0 Å². The number of hydrogen-bond donors (Lipinski definition) is 3. The maximum atomic E-state index is 12.1. The van der Waals surface area contributed by atoms with Crippen molar-refractivity contribution in [1.29, 1.82) is 0 Å². The van der Waals surface area contributed by atoms with E-state index in [-0.39, 0.29) is 29.3 Å². The number of nitrogens with one attached hydrogen (secondary N) is 2. The molecule has 7 heteroatoms. The van der Waals surface area contributed by atoms with Gasteiger partial charge in [0.05, 0.1) is 5.69 Å². The Morgan fingerprint density at radius 1 is 1.31 bits per heavy atom. The number of ether oxygens (including phenoxy) is 1. The van der Waals surface area contributed by atoms with Gasteiger partial charge in [-0.05, 0) is 60.5 Å². The third kappa shape index (κ3) is 5.44. The lowest BCUT2D eigenvalue weighted by Crippen LogP contribution is -2.37. The number of carbonyl (C=O) groups is 1. The minimum Gasteiger partial charge on any atom is -0.506 e. The van der Waals surface area contributed by atoms with Gasteiger partial charge < -0.3 is 15.2 Å². The van der Waals surface area contributed by atoms with Gasteiger partial charge >= 0.3 is 0 Å². The fraction of sp³-hybridized carbons (Fsp3) is 0.263. The summed E-state index contributed by atoms with van der Waals surface area (Å²) < 4.78 is 6.71. The number of rotatable bonds is 5. The van der Waals surface area contributed by atoms with Crippen LogP contribution in [0.4, 0.5) is 5.69 Å². The predicted octanol–water partition coefficient (Wildman–Crippen LogP) is 4.48. The quantitative estimate of drug-likeness (QED) is 0.476. The van der Waals surface area contributed by atoms with E-state index in [0.29, 0.717) is 11.4 Å². The number of thiocarbonyl (C=S) groups is 1. The normalized spacial score (nSPS) is 10.5. The topological polar surface area (TPSA) is 70.6 Å². The number of phenols is 1. The second kappa shape index (κ2) is 9.00. The van der Waals surface area contributed by atoms with E-state index >= 15 is 0 Å². The first-order chi connectivity index (χ1) is 12.3. The molecule has 0 bridgehead atoms. The van der Waals surface area contributed by atoms with E-state index in [4.69, 9.17) is 17.0 Å². The summed E-state index contributed by atoms with van der Waals surface area (Å²) in [6.45, 7) is 5.93. The molecule has 0 fully saturated rings. The van der Waals surface area contributed by atoms with Crippen molar-refractivity contribution in [1.82, 2.24) is 5.32 Å². The predicted molar refractivity (Wildman–Crippen MR) is 111 cm³/mol. The Bertz CT molecular complexity index is 824. The maximum absolute atomic E-state index is 12.1. The van der Waals surface area contributed by atoms with Gasteiger partial charge in [-0.15, -0.1) is 0 Å². The highest BCUT2D eigenvalue weighted by Gasteiger charge is 2.13. The number of phenolic OH excluding ortho intramolecular Hbond substituents is 1. The van der Waals surface area contributed by atoms with E-state index in [1.807, 2.05) is 19.1 Å². The zero-order chi connectivity index (χ0) is 19.3. The zero-order valence-corrected chi connectivity index (χ0v) is 17.2. The second-order valence-electron chi connectivity index (χ2n) is 6.10. The third-order valence-corrected chi connectivity index (χ3v) is 4.74. The number of halogens is 1. The van der Waals surface area contributed by atoms with Crippen molar-refractivity contribution >= 4 is 44.9 Å². The zero-order valence-electron chi connectivity index (χ0n) is 14.8. The van der Waals surface area contributed by atoms with Crippen LogP contribution in [0.3, 0.4) is 0 Å². The Balaban J connectivity index is 1.96. The molecule has 0 unspecified atom stereocenters. The fourth-order valence-electron chi connectivity index (χ4n) is 2.29. The fourth-order valence-corrected chi connectivity index (χ4v) is 2.87. The van der Waals surface area contributed by atoms with Crippen LogP contribution >= 0.6 is 28.1 Å². The summed E-state index contributed by atoms with van der Waals surface area (Å²) in [5.74, 6) is 0.602. The first-order valence-electron chi connectivity index (χ1n) is 8.09. The van der Waals surface area contributed by atoms with Crippen LogP contribution in [-0.4, -0.2) is 22.7 Å². The van der Waals surface area contributed by atoms with Gasteiger partial charge in [0.25, 0.3) is 5.91 Å². The molecule has 0 aromatic heterocycles. The summed E-state index contributed by atoms with van der Waals surface area (Å²) in [6, 6.07) is 10.5. The van der Waals surface area contributed by atoms with Gasteiger partial charge in [0.1, 0.15) is 11.5 Å². The average molecular weight is 437 g/mol. The maximum Gasteiger partial charge on any atom is 0.264 e. The standard InChI is InChI=1S/C19H21BrN2O3S/c1-11(2)13-9-14(20)12(3)8-17(13)25-10-18(24)22-19(26)21-15-6-4-5-7-16(15)23/h4-9,11,23H,10H2,1-3H3,(H2,21,22,24,26). The van der Waals surface area contributed by atoms with E-state index in [1.165, 1.54) is 6.07 Å². The lowest BCUT2D eigenvalue weighted by molar-refractivity contribution is -0.121. The minimum atomic E-state index is -0.381. The van der Waals surface area contributed by atoms with Gasteiger partial charge in [0.2, 0.25) is 0 Å². The summed E-state index contributed by atoms with van der Waals surface area (Å²) in [5, 5.41) is 15.1. The van der Waals surface area contributed by atoms with E-state index in [2.05, 4.69) is 40.4 Å². The highest BCUT2D eigenvalue weighted by molar-refractivity contribution is 9.10. The number of para-hydroxylation sites is 2. The Labute approximate surface area is 166 Å². The highest BCUT2D eigenvalue weighted by atomic mass is 79.9. The molecule has 0 radical (unpaired) electrons. The van der Waals surface area contributed by atoms with Crippen molar-refractivity contribution in [2.75, 3.05) is 11.9 Å². The smallest absolute Gasteiger partial charge is 0.264 e. The molecule has 0 aliphatic rings. The molecule has 5 nitrogen and oxygen atoms in total. The monoisotopic (exact) mass is 436 g/mol. The molecular formula is C19H21BrN2O3S. The summed E-state index contributed by atoms with van der Waals surface area (Å²) in [6.07, 6.45) is 0. The lowest BCUT2D eigenvalue weighted by Gasteiger charge is -2.16. The number of amides is 1. The second-order valence-corrected chi connectivity index (χ2v) is 7.36. The molecule has 0 aliphatic carbocycles. The van der Waals surface area contributed by atoms with Gasteiger partial charge in [-0.1, -0.05) is 41.9 Å². The summed E-state index contributed by atoms with van der Waals surface area (Å²) in [7, 11) is 0. The molecule has 0 spiro atoms.